The maximum Gasteiger partial charge on any atom is 0.252 e. The number of ether oxygens (including phenoxy) is 1. The van der Waals surface area contributed by atoms with Gasteiger partial charge in [-0.15, -0.1) is 0 Å². The molecule has 3 heterocycles. The lowest BCUT2D eigenvalue weighted by Crippen LogP contribution is -2.40. The molecule has 0 aliphatic carbocycles. The van der Waals surface area contributed by atoms with Crippen LogP contribution in [0.1, 0.15) is 21.5 Å². The van der Waals surface area contributed by atoms with Crippen LogP contribution in [-0.2, 0) is 17.8 Å². The van der Waals surface area contributed by atoms with Gasteiger partial charge >= 0.3 is 0 Å². The summed E-state index contributed by atoms with van der Waals surface area (Å²) in [5, 5.41) is 8.18. The first kappa shape index (κ1) is 19.6. The van der Waals surface area contributed by atoms with E-state index in [9.17, 15) is 4.79 Å². The summed E-state index contributed by atoms with van der Waals surface area (Å²) in [4.78, 5) is 18.2. The van der Waals surface area contributed by atoms with Gasteiger partial charge in [0.15, 0.2) is 0 Å². The first-order valence-corrected chi connectivity index (χ1v) is 10.8. The molecule has 1 saturated heterocycles. The first-order valence-electron chi connectivity index (χ1n) is 10.4. The Morgan fingerprint density at radius 3 is 2.87 bits per heavy atom. The number of nitrogens with zero attached hydrogens (tertiary/aromatic N) is 1. The van der Waals surface area contributed by atoms with Crippen LogP contribution in [0.2, 0.25) is 5.02 Å². The molecule has 2 aliphatic heterocycles. The highest BCUT2D eigenvalue weighted by atomic mass is 35.5. The highest BCUT2D eigenvalue weighted by molar-refractivity contribution is 6.32. The third-order valence-corrected chi connectivity index (χ3v) is 6.28. The number of carbonyl (C=O) groups is 1. The molecule has 6 nitrogen and oxygen atoms in total. The van der Waals surface area contributed by atoms with Gasteiger partial charge < -0.3 is 20.4 Å². The second-order valence-corrected chi connectivity index (χ2v) is 8.27. The van der Waals surface area contributed by atoms with Crippen molar-refractivity contribution in [3.05, 3.63) is 58.1 Å². The number of benzene rings is 2. The predicted molar refractivity (Wildman–Crippen MR) is 119 cm³/mol. The summed E-state index contributed by atoms with van der Waals surface area (Å²) in [5.41, 5.74) is 5.69. The third-order valence-electron chi connectivity index (χ3n) is 5.92. The molecule has 5 rings (SSSR count). The van der Waals surface area contributed by atoms with E-state index in [-0.39, 0.29) is 5.91 Å². The molecule has 1 aromatic heterocycles. The van der Waals surface area contributed by atoms with Crippen LogP contribution >= 0.6 is 11.6 Å². The minimum absolute atomic E-state index is 0.0636. The zero-order chi connectivity index (χ0) is 20.5. The van der Waals surface area contributed by atoms with Crippen LogP contribution < -0.4 is 10.6 Å². The third kappa shape index (κ3) is 3.84. The summed E-state index contributed by atoms with van der Waals surface area (Å²) in [6.07, 6.45) is 0. The number of H-pyrrole nitrogens is 1. The molecule has 3 aromatic rings. The number of fused-ring (bicyclic) bond motifs is 2. The molecule has 2 aliphatic rings. The lowest BCUT2D eigenvalue weighted by Gasteiger charge is -2.26. The Labute approximate surface area is 180 Å². The van der Waals surface area contributed by atoms with E-state index in [1.165, 1.54) is 5.56 Å². The molecule has 0 atom stereocenters. The van der Waals surface area contributed by atoms with Gasteiger partial charge in [-0.1, -0.05) is 23.7 Å². The van der Waals surface area contributed by atoms with Crippen molar-refractivity contribution in [2.75, 3.05) is 39.4 Å². The minimum Gasteiger partial charge on any atom is -0.379 e. The molecule has 3 N–H and O–H groups in total. The molecule has 0 bridgehead atoms. The number of halogens is 1. The molecule has 1 amide bonds. The zero-order valence-electron chi connectivity index (χ0n) is 16.8. The van der Waals surface area contributed by atoms with E-state index in [0.717, 1.165) is 73.7 Å². The highest BCUT2D eigenvalue weighted by Gasteiger charge is 2.26. The second-order valence-electron chi connectivity index (χ2n) is 7.87. The predicted octanol–water partition coefficient (Wildman–Crippen LogP) is 3.15. The van der Waals surface area contributed by atoms with Crippen molar-refractivity contribution in [1.29, 1.82) is 0 Å². The summed E-state index contributed by atoms with van der Waals surface area (Å²) in [7, 11) is 0. The lowest BCUT2D eigenvalue weighted by atomic mass is 10.0. The van der Waals surface area contributed by atoms with Crippen molar-refractivity contribution in [3.8, 4) is 11.3 Å². The van der Waals surface area contributed by atoms with E-state index < -0.39 is 0 Å². The standard InChI is InChI=1S/C23H25ClN4O2/c24-19-3-2-17(22-18(19)14-26-23(22)29)21-12-16-11-15(1-4-20(16)27-21)13-25-5-6-28-7-9-30-10-8-28/h1-4,11-12,25,27H,5-10,13-14H2,(H,26,29). The van der Waals surface area contributed by atoms with Gasteiger partial charge in [0.05, 0.1) is 18.8 Å². The van der Waals surface area contributed by atoms with E-state index in [1.807, 2.05) is 12.1 Å². The van der Waals surface area contributed by atoms with Crippen molar-refractivity contribution in [2.45, 2.75) is 13.1 Å². The monoisotopic (exact) mass is 424 g/mol. The van der Waals surface area contributed by atoms with Crippen LogP contribution in [0.3, 0.4) is 0 Å². The Balaban J connectivity index is 1.30. The van der Waals surface area contributed by atoms with Gasteiger partial charge in [0, 0.05) is 72.0 Å². The number of hydrogen-bond acceptors (Lipinski definition) is 4. The van der Waals surface area contributed by atoms with Crippen LogP contribution in [-0.4, -0.2) is 55.2 Å². The van der Waals surface area contributed by atoms with Crippen LogP contribution in [0.25, 0.3) is 22.2 Å². The van der Waals surface area contributed by atoms with E-state index in [2.05, 4.69) is 44.8 Å². The Hall–Kier alpha value is -2.38. The van der Waals surface area contributed by atoms with Crippen molar-refractivity contribution < 1.29 is 9.53 Å². The maximum absolute atomic E-state index is 12.3. The molecule has 0 saturated carbocycles. The topological polar surface area (TPSA) is 69.4 Å². The van der Waals surface area contributed by atoms with E-state index in [1.54, 1.807) is 0 Å². The van der Waals surface area contributed by atoms with Crippen LogP contribution in [0.15, 0.2) is 36.4 Å². The molecule has 30 heavy (non-hydrogen) atoms. The summed E-state index contributed by atoms with van der Waals surface area (Å²) >= 11 is 6.29. The maximum atomic E-state index is 12.3. The molecular weight excluding hydrogens is 400 g/mol. The number of carbonyl (C=O) groups excluding carboxylic acids is 1. The summed E-state index contributed by atoms with van der Waals surface area (Å²) < 4.78 is 5.39. The molecular formula is C23H25ClN4O2. The minimum atomic E-state index is -0.0636. The molecule has 0 unspecified atom stereocenters. The molecule has 1 fully saturated rings. The van der Waals surface area contributed by atoms with Crippen molar-refractivity contribution in [1.82, 2.24) is 20.5 Å². The molecule has 0 spiro atoms. The number of aromatic nitrogens is 1. The summed E-state index contributed by atoms with van der Waals surface area (Å²) in [6, 6.07) is 12.3. The highest BCUT2D eigenvalue weighted by Crippen LogP contribution is 2.34. The van der Waals surface area contributed by atoms with Gasteiger partial charge in [0.25, 0.3) is 5.91 Å². The van der Waals surface area contributed by atoms with E-state index >= 15 is 0 Å². The number of aromatic amines is 1. The Morgan fingerprint density at radius 2 is 2.00 bits per heavy atom. The van der Waals surface area contributed by atoms with Crippen molar-refractivity contribution >= 4 is 28.4 Å². The zero-order valence-corrected chi connectivity index (χ0v) is 17.5. The number of morpholine rings is 1. The van der Waals surface area contributed by atoms with Gasteiger partial charge in [-0.2, -0.15) is 0 Å². The molecule has 0 radical (unpaired) electrons. The SMILES string of the molecule is O=C1NCc2c(Cl)ccc(-c3cc4cc(CNCCN5CCOCC5)ccc4[nH]3)c21. The average Bonchev–Trinajstić information content (AvgIpc) is 3.36. The van der Waals surface area contributed by atoms with E-state index in [4.69, 9.17) is 16.3 Å². The smallest absolute Gasteiger partial charge is 0.252 e. The number of amides is 1. The quantitative estimate of drug-likeness (QED) is 0.532. The molecule has 7 heteroatoms. The Bertz CT molecular complexity index is 1090. The van der Waals surface area contributed by atoms with Crippen LogP contribution in [0.5, 0.6) is 0 Å². The van der Waals surface area contributed by atoms with Gasteiger partial charge in [-0.3, -0.25) is 9.69 Å². The van der Waals surface area contributed by atoms with Crippen molar-refractivity contribution in [3.63, 3.8) is 0 Å². The fourth-order valence-electron chi connectivity index (χ4n) is 4.27. The van der Waals surface area contributed by atoms with Gasteiger partial charge in [-0.25, -0.2) is 0 Å². The summed E-state index contributed by atoms with van der Waals surface area (Å²) in [6.45, 7) is 7.04. The summed E-state index contributed by atoms with van der Waals surface area (Å²) in [5.74, 6) is -0.0636. The largest absolute Gasteiger partial charge is 0.379 e. The molecule has 2 aromatic carbocycles. The fraction of sp³-hybridized carbons (Fsp3) is 0.348. The fourth-order valence-corrected chi connectivity index (χ4v) is 4.49. The lowest BCUT2D eigenvalue weighted by molar-refractivity contribution is 0.0384. The first-order chi connectivity index (χ1) is 14.7. The van der Waals surface area contributed by atoms with Crippen molar-refractivity contribution in [2.24, 2.45) is 0 Å². The van der Waals surface area contributed by atoms with Crippen LogP contribution in [0, 0.1) is 0 Å². The van der Waals surface area contributed by atoms with Gasteiger partial charge in [-0.05, 0) is 29.8 Å². The van der Waals surface area contributed by atoms with E-state index in [0.29, 0.717) is 17.1 Å². The average molecular weight is 425 g/mol. The normalized spacial score (nSPS) is 16.8. The number of nitrogens with one attached hydrogen (secondary N) is 3. The number of hydrogen-bond donors (Lipinski definition) is 3. The second kappa shape index (κ2) is 8.40. The number of rotatable bonds is 6. The Morgan fingerprint density at radius 1 is 1.13 bits per heavy atom. The van der Waals surface area contributed by atoms with Crippen LogP contribution in [0.4, 0.5) is 0 Å². The van der Waals surface area contributed by atoms with Gasteiger partial charge in [0.1, 0.15) is 0 Å². The van der Waals surface area contributed by atoms with Gasteiger partial charge in [0.2, 0.25) is 0 Å². The molecule has 156 valence electrons. The Kier molecular flexibility index (Phi) is 5.48.